The number of hydrogen-bond donors (Lipinski definition) is 0. The van der Waals surface area contributed by atoms with E-state index in [9.17, 15) is 9.59 Å². The first-order chi connectivity index (χ1) is 12.6. The van der Waals surface area contributed by atoms with Gasteiger partial charge in [0.1, 0.15) is 0 Å². The quantitative estimate of drug-likeness (QED) is 0.801. The van der Waals surface area contributed by atoms with Crippen LogP contribution >= 0.6 is 0 Å². The van der Waals surface area contributed by atoms with E-state index in [1.165, 1.54) is 10.5 Å². The lowest BCUT2D eigenvalue weighted by atomic mass is 9.67. The summed E-state index contributed by atoms with van der Waals surface area (Å²) in [6.45, 7) is 2.57. The van der Waals surface area contributed by atoms with E-state index in [1.54, 1.807) is 7.05 Å². The van der Waals surface area contributed by atoms with E-state index < -0.39 is 5.41 Å². The summed E-state index contributed by atoms with van der Waals surface area (Å²) in [7, 11) is 1.63. The zero-order chi connectivity index (χ0) is 18.1. The smallest absolute Gasteiger partial charge is 0.237 e. The zero-order valence-electron chi connectivity index (χ0n) is 15.1. The number of piperidine rings is 1. The Labute approximate surface area is 154 Å². The van der Waals surface area contributed by atoms with Gasteiger partial charge in [-0.2, -0.15) is 0 Å². The molecular weight excluding hydrogens is 324 g/mol. The van der Waals surface area contributed by atoms with Gasteiger partial charge in [-0.25, -0.2) is 0 Å². The number of hydrogen-bond acceptors (Lipinski definition) is 3. The van der Waals surface area contributed by atoms with Crippen LogP contribution < -0.4 is 0 Å². The van der Waals surface area contributed by atoms with Crippen molar-refractivity contribution in [1.82, 2.24) is 9.80 Å². The third-order valence-electron chi connectivity index (χ3n) is 5.99. The van der Waals surface area contributed by atoms with E-state index >= 15 is 0 Å². The van der Waals surface area contributed by atoms with Gasteiger partial charge in [0.2, 0.25) is 11.8 Å². The maximum atomic E-state index is 13.0. The second-order valence-corrected chi connectivity index (χ2v) is 7.46. The molecule has 2 aromatic carbocycles. The number of likely N-dealkylation sites (tertiary alicyclic amines) is 2. The topological polar surface area (TPSA) is 40.6 Å². The van der Waals surface area contributed by atoms with Crippen LogP contribution in [0.15, 0.2) is 60.7 Å². The predicted octanol–water partition coefficient (Wildman–Crippen LogP) is 3.05. The minimum Gasteiger partial charge on any atom is -0.299 e. The summed E-state index contributed by atoms with van der Waals surface area (Å²) in [4.78, 5) is 29.6. The third-order valence-corrected chi connectivity index (χ3v) is 5.99. The van der Waals surface area contributed by atoms with Crippen molar-refractivity contribution in [3.8, 4) is 0 Å². The second-order valence-electron chi connectivity index (χ2n) is 7.46. The summed E-state index contributed by atoms with van der Waals surface area (Å²) in [5.74, 6) is -0.409. The van der Waals surface area contributed by atoms with Crippen LogP contribution in [0.25, 0.3) is 0 Å². The Morgan fingerprint density at radius 2 is 1.50 bits per heavy atom. The molecule has 134 valence electrons. The average Bonchev–Trinajstić information content (AvgIpc) is 2.86. The molecule has 0 radical (unpaired) electrons. The van der Waals surface area contributed by atoms with Crippen LogP contribution in [0, 0.1) is 5.41 Å². The first kappa shape index (κ1) is 17.0. The van der Waals surface area contributed by atoms with Gasteiger partial charge < -0.3 is 0 Å². The van der Waals surface area contributed by atoms with Crippen molar-refractivity contribution in [1.29, 1.82) is 0 Å². The first-order valence-electron chi connectivity index (χ1n) is 9.25. The summed E-state index contributed by atoms with van der Waals surface area (Å²) < 4.78 is 0. The molecule has 4 heteroatoms. The summed E-state index contributed by atoms with van der Waals surface area (Å²) in [5.41, 5.74) is 1.67. The highest BCUT2D eigenvalue weighted by Gasteiger charge is 2.59. The van der Waals surface area contributed by atoms with Gasteiger partial charge in [0, 0.05) is 13.6 Å². The second kappa shape index (κ2) is 6.69. The molecule has 26 heavy (non-hydrogen) atoms. The molecule has 2 saturated heterocycles. The Balaban J connectivity index is 1.57. The highest BCUT2D eigenvalue weighted by atomic mass is 16.2. The van der Waals surface area contributed by atoms with Crippen LogP contribution in [0.1, 0.15) is 29.9 Å². The lowest BCUT2D eigenvalue weighted by Gasteiger charge is -2.40. The van der Waals surface area contributed by atoms with Crippen molar-refractivity contribution in [3.05, 3.63) is 71.8 Å². The largest absolute Gasteiger partial charge is 0.299 e. The molecule has 0 aromatic heterocycles. The number of benzene rings is 2. The molecule has 0 N–H and O–H groups in total. The van der Waals surface area contributed by atoms with E-state index in [2.05, 4.69) is 29.2 Å². The van der Waals surface area contributed by atoms with Crippen molar-refractivity contribution in [2.24, 2.45) is 5.41 Å². The van der Waals surface area contributed by atoms with Crippen molar-refractivity contribution < 1.29 is 9.59 Å². The molecule has 2 aliphatic heterocycles. The minimum atomic E-state index is -0.583. The van der Waals surface area contributed by atoms with E-state index in [-0.39, 0.29) is 17.7 Å². The Hall–Kier alpha value is -2.46. The van der Waals surface area contributed by atoms with Gasteiger partial charge >= 0.3 is 0 Å². The predicted molar refractivity (Wildman–Crippen MR) is 100 cm³/mol. The number of carbonyl (C=O) groups excluding carboxylic acids is 2. The minimum absolute atomic E-state index is 0.00397. The first-order valence-corrected chi connectivity index (χ1v) is 9.25. The highest BCUT2D eigenvalue weighted by molar-refractivity contribution is 6.09. The molecule has 1 atom stereocenters. The van der Waals surface area contributed by atoms with E-state index in [0.29, 0.717) is 0 Å². The molecular formula is C22H24N2O2. The molecule has 4 nitrogen and oxygen atoms in total. The van der Waals surface area contributed by atoms with E-state index in [0.717, 1.165) is 38.0 Å². The van der Waals surface area contributed by atoms with Crippen molar-refractivity contribution in [2.75, 3.05) is 20.1 Å². The van der Waals surface area contributed by atoms with Gasteiger partial charge in [-0.15, -0.1) is 0 Å². The van der Waals surface area contributed by atoms with Gasteiger partial charge in [-0.05, 0) is 37.1 Å². The lowest BCUT2D eigenvalue weighted by molar-refractivity contribution is -0.141. The van der Waals surface area contributed by atoms with Crippen LogP contribution in [-0.4, -0.2) is 41.8 Å². The molecule has 2 aliphatic rings. The molecule has 1 spiro atoms. The Kier molecular flexibility index (Phi) is 4.37. The molecule has 2 heterocycles. The van der Waals surface area contributed by atoms with Gasteiger partial charge in [-0.1, -0.05) is 60.7 Å². The average molecular weight is 348 g/mol. The number of amides is 2. The van der Waals surface area contributed by atoms with E-state index in [4.69, 9.17) is 0 Å². The lowest BCUT2D eigenvalue weighted by Crippen LogP contribution is -2.45. The Morgan fingerprint density at radius 3 is 2.12 bits per heavy atom. The Bertz CT molecular complexity index is 795. The molecule has 2 fully saturated rings. The van der Waals surface area contributed by atoms with Crippen molar-refractivity contribution in [2.45, 2.75) is 25.3 Å². The highest BCUT2D eigenvalue weighted by Crippen LogP contribution is 2.51. The maximum absolute atomic E-state index is 13.0. The molecule has 2 amide bonds. The molecule has 4 rings (SSSR count). The molecule has 0 unspecified atom stereocenters. The van der Waals surface area contributed by atoms with Crippen LogP contribution in [0.3, 0.4) is 0 Å². The SMILES string of the molecule is CN1C(=O)[C@@H](c2ccccc2)C2(CCN(Cc3ccccc3)CC2)C1=O. The van der Waals surface area contributed by atoms with Crippen LogP contribution in [-0.2, 0) is 16.1 Å². The van der Waals surface area contributed by atoms with E-state index in [1.807, 2.05) is 36.4 Å². The van der Waals surface area contributed by atoms with Crippen LogP contribution in [0.2, 0.25) is 0 Å². The standard InChI is InChI=1S/C22H24N2O2/c1-23-20(25)19(18-10-6-3-7-11-18)22(21(23)26)12-14-24(15-13-22)16-17-8-4-2-5-9-17/h2-11,19H,12-16H2,1H3/t19-/m1/s1. The maximum Gasteiger partial charge on any atom is 0.237 e. The Morgan fingerprint density at radius 1 is 0.923 bits per heavy atom. The fraction of sp³-hybridized carbons (Fsp3) is 0.364. The molecule has 2 aromatic rings. The summed E-state index contributed by atoms with van der Waals surface area (Å²) in [6.07, 6.45) is 1.46. The summed E-state index contributed by atoms with van der Waals surface area (Å²) in [6, 6.07) is 20.2. The number of carbonyl (C=O) groups is 2. The van der Waals surface area contributed by atoms with Gasteiger partial charge in [-0.3, -0.25) is 19.4 Å². The van der Waals surface area contributed by atoms with Crippen LogP contribution in [0.4, 0.5) is 0 Å². The molecule has 0 bridgehead atoms. The van der Waals surface area contributed by atoms with Gasteiger partial charge in [0.15, 0.2) is 0 Å². The third kappa shape index (κ3) is 2.74. The monoisotopic (exact) mass is 348 g/mol. The fourth-order valence-corrected chi connectivity index (χ4v) is 4.55. The van der Waals surface area contributed by atoms with Crippen molar-refractivity contribution in [3.63, 3.8) is 0 Å². The normalized spacial score (nSPS) is 23.0. The fourth-order valence-electron chi connectivity index (χ4n) is 4.55. The zero-order valence-corrected chi connectivity index (χ0v) is 15.1. The number of rotatable bonds is 3. The molecule has 0 aliphatic carbocycles. The summed E-state index contributed by atoms with van der Waals surface area (Å²) >= 11 is 0. The molecule has 0 saturated carbocycles. The van der Waals surface area contributed by atoms with Gasteiger partial charge in [0.05, 0.1) is 11.3 Å². The van der Waals surface area contributed by atoms with Gasteiger partial charge in [0.25, 0.3) is 0 Å². The number of nitrogens with zero attached hydrogens (tertiary/aromatic N) is 2. The number of imide groups is 1. The van der Waals surface area contributed by atoms with Crippen molar-refractivity contribution >= 4 is 11.8 Å². The van der Waals surface area contributed by atoms with Crippen LogP contribution in [0.5, 0.6) is 0 Å². The summed E-state index contributed by atoms with van der Waals surface area (Å²) in [5, 5.41) is 0. The number of likely N-dealkylation sites (N-methyl/N-ethyl adjacent to an activating group) is 1.